The molecule has 2 saturated heterocycles. The number of nitrogens with one attached hydrogen (secondary N) is 1. The minimum atomic E-state index is -0.458. The standard InChI is InChI=1S/C24H26N8O4S/c25-19-10-14(3-4-26-19)23-28-17(13-36-23)22(34)27-16-11-18-20(29-21(16)32-5-1-2-15(33)12-32)30-24(37-18)31-6-8-35-9-7-31/h3-4,10-11,13,15,33H,1-2,5-9,12H2,(H2,25,26)(H,27,34). The Balaban J connectivity index is 1.32. The lowest BCUT2D eigenvalue weighted by Gasteiger charge is -2.32. The van der Waals surface area contributed by atoms with Gasteiger partial charge in [0.1, 0.15) is 12.1 Å². The molecule has 2 aliphatic heterocycles. The fourth-order valence-corrected chi connectivity index (χ4v) is 5.49. The summed E-state index contributed by atoms with van der Waals surface area (Å²) in [7, 11) is 0. The molecule has 13 heteroatoms. The second-order valence-corrected chi connectivity index (χ2v) is 9.99. The first kappa shape index (κ1) is 23.6. The van der Waals surface area contributed by atoms with Crippen LogP contribution in [0.5, 0.6) is 0 Å². The Bertz CT molecular complexity index is 1430. The molecule has 4 N–H and O–H groups in total. The number of hydrogen-bond acceptors (Lipinski definition) is 12. The molecule has 0 aliphatic carbocycles. The van der Waals surface area contributed by atoms with Crippen LogP contribution < -0.4 is 20.9 Å². The van der Waals surface area contributed by atoms with Gasteiger partial charge in [0.05, 0.1) is 29.7 Å². The molecule has 1 unspecified atom stereocenters. The first-order valence-electron chi connectivity index (χ1n) is 12.1. The number of morpholine rings is 1. The molecule has 1 amide bonds. The number of oxazole rings is 1. The SMILES string of the molecule is Nc1cc(-c2nc(C(=O)Nc3cc4sc(N5CCOCC5)nc4nc3N3CCCC(O)C3)co2)ccn1. The quantitative estimate of drug-likeness (QED) is 0.354. The zero-order valence-corrected chi connectivity index (χ0v) is 20.8. The highest BCUT2D eigenvalue weighted by Crippen LogP contribution is 2.36. The number of anilines is 4. The number of amides is 1. The van der Waals surface area contributed by atoms with Gasteiger partial charge < -0.3 is 35.1 Å². The van der Waals surface area contributed by atoms with Gasteiger partial charge in [-0.25, -0.2) is 15.0 Å². The maximum atomic E-state index is 13.2. The molecule has 2 aliphatic rings. The number of thiazole rings is 1. The number of fused-ring (bicyclic) bond motifs is 1. The molecule has 1 atom stereocenters. The highest BCUT2D eigenvalue weighted by molar-refractivity contribution is 7.22. The normalized spacial score (nSPS) is 18.4. The summed E-state index contributed by atoms with van der Waals surface area (Å²) in [6.07, 6.45) is 3.96. The van der Waals surface area contributed by atoms with Crippen molar-refractivity contribution >= 4 is 50.0 Å². The molecule has 2 fully saturated rings. The van der Waals surface area contributed by atoms with Crippen molar-refractivity contribution in [2.75, 3.05) is 60.2 Å². The zero-order valence-electron chi connectivity index (χ0n) is 20.0. The molecular formula is C24H26N8O4S. The van der Waals surface area contributed by atoms with Crippen LogP contribution in [0.25, 0.3) is 21.8 Å². The largest absolute Gasteiger partial charge is 0.444 e. The molecule has 0 spiro atoms. The molecule has 0 aromatic carbocycles. The van der Waals surface area contributed by atoms with Crippen molar-refractivity contribution in [3.05, 3.63) is 36.4 Å². The van der Waals surface area contributed by atoms with Crippen molar-refractivity contribution in [3.8, 4) is 11.5 Å². The van der Waals surface area contributed by atoms with Gasteiger partial charge in [-0.1, -0.05) is 11.3 Å². The predicted molar refractivity (Wildman–Crippen MR) is 140 cm³/mol. The first-order valence-corrected chi connectivity index (χ1v) is 12.9. The number of nitrogen functional groups attached to an aromatic ring is 1. The van der Waals surface area contributed by atoms with Crippen LogP contribution in [0.1, 0.15) is 23.3 Å². The minimum absolute atomic E-state index is 0.119. The van der Waals surface area contributed by atoms with Crippen LogP contribution in [-0.4, -0.2) is 76.4 Å². The molecule has 4 aromatic heterocycles. The van der Waals surface area contributed by atoms with Crippen LogP contribution in [0, 0.1) is 0 Å². The maximum absolute atomic E-state index is 13.2. The van der Waals surface area contributed by atoms with Crippen LogP contribution in [0.4, 0.5) is 22.5 Å². The number of piperidine rings is 1. The second kappa shape index (κ2) is 9.92. The minimum Gasteiger partial charge on any atom is -0.444 e. The average molecular weight is 523 g/mol. The lowest BCUT2D eigenvalue weighted by molar-refractivity contribution is 0.102. The lowest BCUT2D eigenvalue weighted by atomic mass is 10.1. The summed E-state index contributed by atoms with van der Waals surface area (Å²) in [6, 6.07) is 5.22. The molecule has 192 valence electrons. The van der Waals surface area contributed by atoms with Crippen LogP contribution >= 0.6 is 11.3 Å². The molecular weight excluding hydrogens is 496 g/mol. The third kappa shape index (κ3) is 4.92. The first-order chi connectivity index (χ1) is 18.0. The summed E-state index contributed by atoms with van der Waals surface area (Å²) in [4.78, 5) is 35.3. The number of nitrogens with zero attached hydrogens (tertiary/aromatic N) is 6. The van der Waals surface area contributed by atoms with E-state index in [4.69, 9.17) is 24.9 Å². The van der Waals surface area contributed by atoms with E-state index in [1.807, 2.05) is 11.0 Å². The Morgan fingerprint density at radius 3 is 2.84 bits per heavy atom. The lowest BCUT2D eigenvalue weighted by Crippen LogP contribution is -2.39. The van der Waals surface area contributed by atoms with Crippen molar-refractivity contribution in [2.24, 2.45) is 0 Å². The average Bonchev–Trinajstić information content (AvgIpc) is 3.56. The van der Waals surface area contributed by atoms with Crippen LogP contribution in [0.2, 0.25) is 0 Å². The van der Waals surface area contributed by atoms with Crippen molar-refractivity contribution in [1.29, 1.82) is 0 Å². The van der Waals surface area contributed by atoms with Gasteiger partial charge in [0.2, 0.25) is 5.89 Å². The summed E-state index contributed by atoms with van der Waals surface area (Å²) in [6.45, 7) is 4.01. The number of β-amino-alcohol motifs (C(OH)–C–C–N with tert-alkyl or cyclic N) is 1. The number of aliphatic hydroxyl groups excluding tert-OH is 1. The van der Waals surface area contributed by atoms with Crippen LogP contribution in [0.3, 0.4) is 0 Å². The summed E-state index contributed by atoms with van der Waals surface area (Å²) in [5.74, 6) is 0.735. The zero-order chi connectivity index (χ0) is 25.4. The van der Waals surface area contributed by atoms with Gasteiger partial charge in [-0.05, 0) is 31.0 Å². The Labute approximate surface area is 216 Å². The van der Waals surface area contributed by atoms with Gasteiger partial charge in [0.15, 0.2) is 22.3 Å². The van der Waals surface area contributed by atoms with E-state index in [2.05, 4.69) is 20.2 Å². The maximum Gasteiger partial charge on any atom is 0.277 e. The van der Waals surface area contributed by atoms with Gasteiger partial charge >= 0.3 is 0 Å². The van der Waals surface area contributed by atoms with E-state index in [1.54, 1.807) is 18.3 Å². The van der Waals surface area contributed by atoms with Crippen LogP contribution in [0.15, 0.2) is 35.1 Å². The smallest absolute Gasteiger partial charge is 0.277 e. The van der Waals surface area contributed by atoms with E-state index in [-0.39, 0.29) is 11.6 Å². The summed E-state index contributed by atoms with van der Waals surface area (Å²) < 4.78 is 11.8. The molecule has 0 saturated carbocycles. The second-order valence-electron chi connectivity index (χ2n) is 8.98. The van der Waals surface area contributed by atoms with E-state index < -0.39 is 12.0 Å². The predicted octanol–water partition coefficient (Wildman–Crippen LogP) is 2.37. The number of carbonyl (C=O) groups is 1. The molecule has 6 rings (SSSR count). The number of hydrogen-bond donors (Lipinski definition) is 3. The summed E-state index contributed by atoms with van der Waals surface area (Å²) >= 11 is 1.53. The molecule has 0 bridgehead atoms. The Morgan fingerprint density at radius 1 is 1.16 bits per heavy atom. The van der Waals surface area contributed by atoms with Gasteiger partial charge in [-0.15, -0.1) is 0 Å². The Morgan fingerprint density at radius 2 is 2.03 bits per heavy atom. The summed E-state index contributed by atoms with van der Waals surface area (Å²) in [5, 5.41) is 14.1. The number of aromatic nitrogens is 4. The van der Waals surface area contributed by atoms with Gasteiger partial charge in [-0.2, -0.15) is 4.98 Å². The number of rotatable bonds is 5. The molecule has 0 radical (unpaired) electrons. The van der Waals surface area contributed by atoms with Crippen molar-refractivity contribution in [2.45, 2.75) is 18.9 Å². The van der Waals surface area contributed by atoms with Crippen molar-refractivity contribution in [1.82, 2.24) is 19.9 Å². The number of pyridine rings is 2. The fraction of sp³-hybridized carbons (Fsp3) is 0.375. The van der Waals surface area contributed by atoms with E-state index >= 15 is 0 Å². The molecule has 37 heavy (non-hydrogen) atoms. The Kier molecular flexibility index (Phi) is 6.32. The number of ether oxygens (including phenoxy) is 1. The molecule has 4 aromatic rings. The van der Waals surface area contributed by atoms with Crippen LogP contribution in [-0.2, 0) is 4.74 Å². The van der Waals surface area contributed by atoms with E-state index in [1.165, 1.54) is 17.6 Å². The fourth-order valence-electron chi connectivity index (χ4n) is 4.49. The number of aliphatic hydroxyl groups is 1. The van der Waals surface area contributed by atoms with E-state index in [9.17, 15) is 9.90 Å². The highest BCUT2D eigenvalue weighted by Gasteiger charge is 2.25. The Hall–Kier alpha value is -3.81. The molecule has 12 nitrogen and oxygen atoms in total. The number of nitrogens with two attached hydrogens (primary N) is 1. The monoisotopic (exact) mass is 522 g/mol. The van der Waals surface area contributed by atoms with E-state index in [0.29, 0.717) is 48.3 Å². The topological polar surface area (TPSA) is 156 Å². The highest BCUT2D eigenvalue weighted by atomic mass is 32.1. The third-order valence-electron chi connectivity index (χ3n) is 6.34. The third-order valence-corrected chi connectivity index (χ3v) is 7.39. The number of carbonyl (C=O) groups excluding carboxylic acids is 1. The van der Waals surface area contributed by atoms with Gasteiger partial charge in [0.25, 0.3) is 5.91 Å². The van der Waals surface area contributed by atoms with Crippen molar-refractivity contribution < 1.29 is 19.1 Å². The van der Waals surface area contributed by atoms with E-state index in [0.717, 1.165) is 42.3 Å². The van der Waals surface area contributed by atoms with Crippen molar-refractivity contribution in [3.63, 3.8) is 0 Å². The van der Waals surface area contributed by atoms with Gasteiger partial charge in [-0.3, -0.25) is 4.79 Å². The molecule has 6 heterocycles. The summed E-state index contributed by atoms with van der Waals surface area (Å²) in [5.41, 5.74) is 7.64. The van der Waals surface area contributed by atoms with Gasteiger partial charge in [0, 0.05) is 37.9 Å².